The second-order valence-corrected chi connectivity index (χ2v) is 5.81. The van der Waals surface area contributed by atoms with Crippen LogP contribution in [0.15, 0.2) is 59.6 Å². The molecule has 4 nitrogen and oxygen atoms in total. The number of benzene rings is 2. The first kappa shape index (κ1) is 16.8. The molecule has 0 radical (unpaired) electrons. The van der Waals surface area contributed by atoms with Crippen molar-refractivity contribution in [3.8, 4) is 0 Å². The highest BCUT2D eigenvalue weighted by molar-refractivity contribution is 14.0. The molecule has 2 N–H and O–H groups in total. The fraction of sp³-hybridized carbons (Fsp3) is 0.211. The third-order valence-electron chi connectivity index (χ3n) is 4.38. The zero-order chi connectivity index (χ0) is 15.6. The lowest BCUT2D eigenvalue weighted by Gasteiger charge is -2.22. The van der Waals surface area contributed by atoms with E-state index in [4.69, 9.17) is 0 Å². The van der Waals surface area contributed by atoms with Gasteiger partial charge in [0, 0.05) is 30.5 Å². The van der Waals surface area contributed by atoms with E-state index in [0.29, 0.717) is 0 Å². The molecule has 5 heteroatoms. The molecule has 124 valence electrons. The van der Waals surface area contributed by atoms with Gasteiger partial charge in [-0.15, -0.1) is 24.0 Å². The quantitative estimate of drug-likeness (QED) is 0.366. The zero-order valence-corrected chi connectivity index (χ0v) is 16.0. The summed E-state index contributed by atoms with van der Waals surface area (Å²) in [6.07, 6.45) is 1.07. The van der Waals surface area contributed by atoms with Crippen LogP contribution in [-0.4, -0.2) is 24.5 Å². The van der Waals surface area contributed by atoms with Crippen molar-refractivity contribution in [1.82, 2.24) is 10.3 Å². The van der Waals surface area contributed by atoms with Crippen molar-refractivity contribution in [2.75, 3.05) is 18.5 Å². The van der Waals surface area contributed by atoms with E-state index in [0.717, 1.165) is 25.5 Å². The molecule has 0 fully saturated rings. The molecular formula is C19H21IN4. The number of guanidine groups is 1. The van der Waals surface area contributed by atoms with Gasteiger partial charge in [0.25, 0.3) is 0 Å². The Labute approximate surface area is 159 Å². The van der Waals surface area contributed by atoms with E-state index in [2.05, 4.69) is 74.8 Å². The highest BCUT2D eigenvalue weighted by Gasteiger charge is 2.22. The normalized spacial score (nSPS) is 13.7. The van der Waals surface area contributed by atoms with Crippen LogP contribution in [-0.2, 0) is 13.0 Å². The molecule has 0 atom stereocenters. The van der Waals surface area contributed by atoms with Gasteiger partial charge in [-0.3, -0.25) is 4.99 Å². The van der Waals surface area contributed by atoms with Crippen LogP contribution < -0.4 is 10.2 Å². The van der Waals surface area contributed by atoms with Crippen molar-refractivity contribution < 1.29 is 0 Å². The smallest absolute Gasteiger partial charge is 0.198 e. The van der Waals surface area contributed by atoms with E-state index in [-0.39, 0.29) is 24.0 Å². The molecule has 0 saturated heterocycles. The van der Waals surface area contributed by atoms with E-state index in [1.807, 2.05) is 7.05 Å². The number of fused-ring (bicyclic) bond motifs is 2. The molecule has 1 aliphatic rings. The number of H-pyrrole nitrogens is 1. The highest BCUT2D eigenvalue weighted by Crippen LogP contribution is 2.27. The lowest BCUT2D eigenvalue weighted by Crippen LogP contribution is -2.40. The first-order chi connectivity index (χ1) is 11.3. The summed E-state index contributed by atoms with van der Waals surface area (Å²) in [5.41, 5.74) is 4.99. The average molecular weight is 432 g/mol. The first-order valence-corrected chi connectivity index (χ1v) is 7.98. The molecular weight excluding hydrogens is 411 g/mol. The highest BCUT2D eigenvalue weighted by atomic mass is 127. The van der Waals surface area contributed by atoms with Gasteiger partial charge in [0.05, 0.1) is 6.54 Å². The molecule has 4 rings (SSSR count). The van der Waals surface area contributed by atoms with Crippen molar-refractivity contribution in [2.24, 2.45) is 4.99 Å². The van der Waals surface area contributed by atoms with Gasteiger partial charge >= 0.3 is 0 Å². The van der Waals surface area contributed by atoms with Crippen molar-refractivity contribution in [1.29, 1.82) is 0 Å². The van der Waals surface area contributed by atoms with Crippen LogP contribution in [0.5, 0.6) is 0 Å². The van der Waals surface area contributed by atoms with Crippen molar-refractivity contribution in [3.05, 3.63) is 65.9 Å². The van der Waals surface area contributed by atoms with Gasteiger partial charge in [-0.2, -0.15) is 0 Å². The van der Waals surface area contributed by atoms with E-state index in [9.17, 15) is 0 Å². The number of aliphatic imine (C=N–C) groups is 1. The molecule has 0 aliphatic carbocycles. The lowest BCUT2D eigenvalue weighted by molar-refractivity contribution is 0.849. The fourth-order valence-electron chi connectivity index (χ4n) is 3.26. The predicted molar refractivity (Wildman–Crippen MR) is 111 cm³/mol. The standard InChI is InChI=1S/C19H20N4.HI/c1-20-19(23-11-10-14-6-3-5-9-18(14)23)21-13-16-12-15-7-2-4-8-17(15)22-16;/h2-9,12,22H,10-11,13H2,1H3,(H,20,21);1H. The van der Waals surface area contributed by atoms with Crippen LogP contribution in [0.3, 0.4) is 0 Å². The Morgan fingerprint density at radius 1 is 1.17 bits per heavy atom. The molecule has 2 aromatic carbocycles. The molecule has 0 amide bonds. The summed E-state index contributed by atoms with van der Waals surface area (Å²) in [6.45, 7) is 1.71. The lowest BCUT2D eigenvalue weighted by atomic mass is 10.2. The number of rotatable bonds is 2. The molecule has 0 spiro atoms. The number of nitrogens with zero attached hydrogens (tertiary/aromatic N) is 2. The summed E-state index contributed by atoms with van der Waals surface area (Å²) >= 11 is 0. The summed E-state index contributed by atoms with van der Waals surface area (Å²) in [6, 6.07) is 19.1. The minimum atomic E-state index is 0. The summed E-state index contributed by atoms with van der Waals surface area (Å²) in [5, 5.41) is 4.72. The third-order valence-corrected chi connectivity index (χ3v) is 4.38. The van der Waals surface area contributed by atoms with Crippen molar-refractivity contribution in [2.45, 2.75) is 13.0 Å². The first-order valence-electron chi connectivity index (χ1n) is 7.98. The Morgan fingerprint density at radius 2 is 1.96 bits per heavy atom. The summed E-state index contributed by atoms with van der Waals surface area (Å²) in [4.78, 5) is 10.2. The molecule has 3 aromatic rings. The Morgan fingerprint density at radius 3 is 2.79 bits per heavy atom. The molecule has 0 unspecified atom stereocenters. The largest absolute Gasteiger partial charge is 0.357 e. The van der Waals surface area contributed by atoms with E-state index in [1.165, 1.54) is 27.8 Å². The number of anilines is 1. The zero-order valence-electron chi connectivity index (χ0n) is 13.6. The number of hydrogen-bond donors (Lipinski definition) is 2. The number of para-hydroxylation sites is 2. The van der Waals surface area contributed by atoms with Gasteiger partial charge in [-0.1, -0.05) is 36.4 Å². The molecule has 2 heterocycles. The maximum absolute atomic E-state index is 4.46. The van der Waals surface area contributed by atoms with Gasteiger partial charge in [0.2, 0.25) is 0 Å². The number of aromatic amines is 1. The summed E-state index contributed by atoms with van der Waals surface area (Å²) < 4.78 is 0. The van der Waals surface area contributed by atoms with Crippen LogP contribution in [0, 0.1) is 0 Å². The maximum atomic E-state index is 4.46. The topological polar surface area (TPSA) is 43.4 Å². The van der Waals surface area contributed by atoms with Gasteiger partial charge < -0.3 is 15.2 Å². The number of nitrogens with one attached hydrogen (secondary N) is 2. The minimum Gasteiger partial charge on any atom is -0.357 e. The predicted octanol–water partition coefficient (Wildman–Crippen LogP) is 3.92. The summed E-state index contributed by atoms with van der Waals surface area (Å²) in [7, 11) is 1.84. The summed E-state index contributed by atoms with van der Waals surface area (Å²) in [5.74, 6) is 0.925. The average Bonchev–Trinajstić information content (AvgIpc) is 3.19. The molecule has 24 heavy (non-hydrogen) atoms. The number of aromatic nitrogens is 1. The third kappa shape index (κ3) is 3.13. The Hall–Kier alpha value is -2.02. The minimum absolute atomic E-state index is 0. The number of halogens is 1. The van der Waals surface area contributed by atoms with Crippen LogP contribution in [0.2, 0.25) is 0 Å². The van der Waals surface area contributed by atoms with Gasteiger partial charge in [-0.05, 0) is 35.6 Å². The van der Waals surface area contributed by atoms with E-state index >= 15 is 0 Å². The van der Waals surface area contributed by atoms with Crippen molar-refractivity contribution in [3.63, 3.8) is 0 Å². The van der Waals surface area contributed by atoms with Crippen LogP contribution in [0.4, 0.5) is 5.69 Å². The van der Waals surface area contributed by atoms with Crippen LogP contribution in [0.25, 0.3) is 10.9 Å². The Balaban J connectivity index is 0.00000169. The monoisotopic (exact) mass is 432 g/mol. The second-order valence-electron chi connectivity index (χ2n) is 5.81. The molecule has 0 bridgehead atoms. The van der Waals surface area contributed by atoms with Crippen LogP contribution in [0.1, 0.15) is 11.3 Å². The Bertz CT molecular complexity index is 835. The van der Waals surface area contributed by atoms with Gasteiger partial charge in [-0.25, -0.2) is 0 Å². The second kappa shape index (κ2) is 7.25. The molecule has 0 saturated carbocycles. The molecule has 1 aromatic heterocycles. The Kier molecular flexibility index (Phi) is 5.08. The van der Waals surface area contributed by atoms with Crippen molar-refractivity contribution >= 4 is 46.5 Å². The maximum Gasteiger partial charge on any atom is 0.198 e. The van der Waals surface area contributed by atoms with E-state index < -0.39 is 0 Å². The SMILES string of the molecule is CN=C(NCc1cc2ccccc2[nH]1)N1CCc2ccccc21.I. The van der Waals surface area contributed by atoms with Gasteiger partial charge in [0.1, 0.15) is 0 Å². The van der Waals surface area contributed by atoms with E-state index in [1.54, 1.807) is 0 Å². The number of hydrogen-bond acceptors (Lipinski definition) is 1. The molecule has 1 aliphatic heterocycles. The van der Waals surface area contributed by atoms with Crippen LogP contribution >= 0.6 is 24.0 Å². The van der Waals surface area contributed by atoms with Gasteiger partial charge in [0.15, 0.2) is 5.96 Å². The fourth-order valence-corrected chi connectivity index (χ4v) is 3.26.